The van der Waals surface area contributed by atoms with Crippen LogP contribution in [0, 0.1) is 0 Å². The van der Waals surface area contributed by atoms with Crippen LogP contribution in [0.3, 0.4) is 0 Å². The molecule has 0 spiro atoms. The molecule has 54 heavy (non-hydrogen) atoms. The van der Waals surface area contributed by atoms with E-state index >= 15 is 0 Å². The predicted octanol–water partition coefficient (Wildman–Crippen LogP) is -5.50. The van der Waals surface area contributed by atoms with Crippen LogP contribution in [-0.2, 0) is 44.8 Å². The Morgan fingerprint density at radius 2 is 1.22 bits per heavy atom. The van der Waals surface area contributed by atoms with Gasteiger partial charge in [0, 0.05) is 29.8 Å². The van der Waals surface area contributed by atoms with E-state index in [1.807, 2.05) is 0 Å². The molecule has 0 fully saturated rings. The number of aliphatic hydroxyl groups is 2. The fraction of sp³-hybridized carbons (Fsp3) is 0.633. The maximum absolute atomic E-state index is 13.6. The van der Waals surface area contributed by atoms with Crippen LogP contribution in [0.4, 0.5) is 0 Å². The molecule has 6 amide bonds. The van der Waals surface area contributed by atoms with Crippen molar-refractivity contribution in [2.75, 3.05) is 18.1 Å². The van der Waals surface area contributed by atoms with Gasteiger partial charge in [-0.15, -0.1) is 0 Å². The number of carbonyl (C=O) groups is 8. The molecule has 0 bridgehead atoms. The lowest BCUT2D eigenvalue weighted by atomic mass is 10.0. The third-order valence-corrected chi connectivity index (χ3v) is 8.42. The SMILES string of the molecule is C[C@@H](O)[C@H](NC(=O)[C@H](Cc1cnc[nH]1)NC(=O)[C@@H](NC(=O)[C@H](CCCCN)NC(=O)[C@H](CC(=O)O)NC(=O)[C@@H](N)CS)[C@@H](C)O)C(=O)N[C@@H](CS)C(=O)O. The number of carbonyl (C=O) groups excluding carboxylic acids is 6. The summed E-state index contributed by atoms with van der Waals surface area (Å²) in [6.07, 6.45) is -1.13. The van der Waals surface area contributed by atoms with E-state index in [4.69, 9.17) is 11.5 Å². The number of carboxylic acids is 2. The van der Waals surface area contributed by atoms with Gasteiger partial charge in [-0.25, -0.2) is 9.78 Å². The second kappa shape index (κ2) is 24.0. The summed E-state index contributed by atoms with van der Waals surface area (Å²) >= 11 is 7.77. The van der Waals surface area contributed by atoms with Crippen molar-refractivity contribution >= 4 is 72.6 Å². The minimum atomic E-state index is -1.77. The zero-order valence-corrected chi connectivity index (χ0v) is 31.3. The van der Waals surface area contributed by atoms with Crippen LogP contribution in [0.1, 0.15) is 45.2 Å². The van der Waals surface area contributed by atoms with Crippen molar-refractivity contribution in [3.63, 3.8) is 0 Å². The molecule has 1 aromatic heterocycles. The number of nitrogens with one attached hydrogen (secondary N) is 7. The van der Waals surface area contributed by atoms with Gasteiger partial charge in [-0.05, 0) is 39.7 Å². The number of nitrogens with two attached hydrogens (primary N) is 2. The summed E-state index contributed by atoms with van der Waals surface area (Å²) in [5, 5.41) is 53.1. The van der Waals surface area contributed by atoms with Gasteiger partial charge >= 0.3 is 11.9 Å². The number of aliphatic carboxylic acids is 2. The molecule has 0 aliphatic carbocycles. The molecule has 0 unspecified atom stereocenters. The average Bonchev–Trinajstić information content (AvgIpc) is 3.62. The second-order valence-electron chi connectivity index (χ2n) is 12.2. The molecule has 24 heteroatoms. The Morgan fingerprint density at radius 3 is 1.67 bits per heavy atom. The maximum Gasteiger partial charge on any atom is 0.327 e. The molecule has 1 aromatic rings. The Bertz CT molecular complexity index is 1440. The lowest BCUT2D eigenvalue weighted by Gasteiger charge is -2.28. The highest BCUT2D eigenvalue weighted by Gasteiger charge is 2.36. The van der Waals surface area contributed by atoms with Crippen LogP contribution in [0.5, 0.6) is 0 Å². The summed E-state index contributed by atoms with van der Waals surface area (Å²) < 4.78 is 0. The minimum absolute atomic E-state index is 0.0730. The molecular formula is C30H50N10O12S2. The van der Waals surface area contributed by atoms with E-state index in [2.05, 4.69) is 67.1 Å². The van der Waals surface area contributed by atoms with Gasteiger partial charge in [-0.1, -0.05) is 0 Å². The number of aliphatic hydroxyl groups excluding tert-OH is 2. The quantitative estimate of drug-likeness (QED) is 0.0324. The number of unbranched alkanes of at least 4 members (excludes halogenated alkanes) is 1. The van der Waals surface area contributed by atoms with Crippen LogP contribution in [-0.4, -0.2) is 150 Å². The van der Waals surface area contributed by atoms with Gasteiger partial charge in [-0.3, -0.25) is 33.6 Å². The molecule has 0 saturated carbocycles. The van der Waals surface area contributed by atoms with Crippen LogP contribution >= 0.6 is 25.3 Å². The van der Waals surface area contributed by atoms with Crippen LogP contribution in [0.2, 0.25) is 0 Å². The first-order valence-corrected chi connectivity index (χ1v) is 17.9. The summed E-state index contributed by atoms with van der Waals surface area (Å²) in [5.41, 5.74) is 11.5. The largest absolute Gasteiger partial charge is 0.481 e. The second-order valence-corrected chi connectivity index (χ2v) is 12.9. The Hall–Kier alpha value is -4.49. The first-order chi connectivity index (χ1) is 25.4. The number of amides is 6. The summed E-state index contributed by atoms with van der Waals surface area (Å²) in [6, 6.07) is -10.8. The van der Waals surface area contributed by atoms with E-state index in [-0.39, 0.29) is 37.3 Å². The minimum Gasteiger partial charge on any atom is -0.481 e. The van der Waals surface area contributed by atoms with E-state index in [0.29, 0.717) is 12.1 Å². The van der Waals surface area contributed by atoms with Crippen molar-refractivity contribution < 1.29 is 58.8 Å². The first kappa shape index (κ1) is 47.5. The Labute approximate surface area is 320 Å². The van der Waals surface area contributed by atoms with Crippen molar-refractivity contribution in [1.29, 1.82) is 0 Å². The fourth-order valence-corrected chi connectivity index (χ4v) is 5.04. The highest BCUT2D eigenvalue weighted by molar-refractivity contribution is 7.80. The van der Waals surface area contributed by atoms with Gasteiger partial charge in [0.2, 0.25) is 35.4 Å². The summed E-state index contributed by atoms with van der Waals surface area (Å²) in [7, 11) is 0. The molecule has 0 aliphatic rings. The molecular weight excluding hydrogens is 757 g/mol. The van der Waals surface area contributed by atoms with Crippen LogP contribution in [0.25, 0.3) is 0 Å². The highest BCUT2D eigenvalue weighted by Crippen LogP contribution is 2.08. The van der Waals surface area contributed by atoms with Crippen molar-refractivity contribution in [3.8, 4) is 0 Å². The van der Waals surface area contributed by atoms with Crippen molar-refractivity contribution in [2.24, 2.45) is 11.5 Å². The first-order valence-electron chi connectivity index (χ1n) is 16.6. The topological polar surface area (TPSA) is 370 Å². The van der Waals surface area contributed by atoms with Gasteiger partial charge < -0.3 is 68.8 Å². The number of hydrogen-bond donors (Lipinski definition) is 15. The Morgan fingerprint density at radius 1 is 0.722 bits per heavy atom. The summed E-state index contributed by atoms with van der Waals surface area (Å²) in [4.78, 5) is 108. The number of imidazole rings is 1. The number of thiol groups is 2. The average molecular weight is 807 g/mol. The van der Waals surface area contributed by atoms with Crippen molar-refractivity contribution in [1.82, 2.24) is 41.9 Å². The zero-order chi connectivity index (χ0) is 41.1. The number of carboxylic acid groups (broad SMARTS) is 2. The molecule has 1 rings (SSSR count). The Kier molecular flexibility index (Phi) is 21.1. The van der Waals surface area contributed by atoms with E-state index < -0.39 is 108 Å². The molecule has 0 radical (unpaired) electrons. The zero-order valence-electron chi connectivity index (χ0n) is 29.6. The van der Waals surface area contributed by atoms with Crippen LogP contribution < -0.4 is 43.4 Å². The smallest absolute Gasteiger partial charge is 0.327 e. The van der Waals surface area contributed by atoms with E-state index in [1.54, 1.807) is 0 Å². The van der Waals surface area contributed by atoms with Crippen molar-refractivity contribution in [3.05, 3.63) is 18.2 Å². The number of aromatic amines is 1. The van der Waals surface area contributed by atoms with Crippen molar-refractivity contribution in [2.45, 2.75) is 100 Å². The molecule has 1 heterocycles. The number of aromatic nitrogens is 2. The molecule has 0 saturated heterocycles. The number of nitrogens with zero attached hydrogens (tertiary/aromatic N) is 1. The van der Waals surface area contributed by atoms with E-state index in [0.717, 1.165) is 13.8 Å². The van der Waals surface area contributed by atoms with E-state index in [1.165, 1.54) is 12.5 Å². The van der Waals surface area contributed by atoms with E-state index in [9.17, 15) is 58.8 Å². The number of hydrogen-bond acceptors (Lipinski definition) is 15. The third-order valence-electron chi connectivity index (χ3n) is 7.66. The molecule has 9 atom stereocenters. The fourth-order valence-electron chi connectivity index (χ4n) is 4.63. The molecule has 0 aliphatic heterocycles. The summed E-state index contributed by atoms with van der Waals surface area (Å²) in [6.45, 7) is 2.51. The third kappa shape index (κ3) is 16.3. The highest BCUT2D eigenvalue weighted by atomic mass is 32.1. The van der Waals surface area contributed by atoms with Gasteiger partial charge in [0.05, 0.1) is 31.0 Å². The van der Waals surface area contributed by atoms with Gasteiger partial charge in [0.15, 0.2) is 0 Å². The van der Waals surface area contributed by atoms with Gasteiger partial charge in [0.1, 0.15) is 36.3 Å². The maximum atomic E-state index is 13.6. The monoisotopic (exact) mass is 806 g/mol. The van der Waals surface area contributed by atoms with Gasteiger partial charge in [-0.2, -0.15) is 25.3 Å². The lowest BCUT2D eigenvalue weighted by molar-refractivity contribution is -0.142. The van der Waals surface area contributed by atoms with Crippen LogP contribution in [0.15, 0.2) is 12.5 Å². The number of rotatable bonds is 25. The molecule has 15 N–H and O–H groups in total. The standard InChI is InChI=1S/C30H50N10O12S2/c1-13(41)22(39-25(46)17(5-3-4-6-31)35-26(47)19(8-21(43)44)36-24(45)16(32)10-53)28(49)37-18(7-15-9-33-12-34-15)27(48)40-23(14(2)42)29(50)38-20(11-54)30(51)52/h9,12-14,16-20,22-23,41-42,53-54H,3-8,10-11,31-32H2,1-2H3,(H,33,34)(H,35,47)(H,36,45)(H,37,49)(H,38,50)(H,39,46)(H,40,48)(H,43,44)(H,51,52)/t13-,14-,16+,17+,18+,19+,20+,22+,23+/m1/s1. The lowest BCUT2D eigenvalue weighted by Crippen LogP contribution is -2.63. The molecule has 0 aromatic carbocycles. The molecule has 22 nitrogen and oxygen atoms in total. The normalized spacial score (nSPS) is 16.1. The number of H-pyrrole nitrogens is 1. The van der Waals surface area contributed by atoms with Gasteiger partial charge in [0.25, 0.3) is 0 Å². The molecule has 304 valence electrons. The predicted molar refractivity (Wildman–Crippen MR) is 196 cm³/mol. The Balaban J connectivity index is 3.32. The summed E-state index contributed by atoms with van der Waals surface area (Å²) in [5.74, 6) is -9.49.